The molecule has 1 aromatic rings. The quantitative estimate of drug-likeness (QED) is 0.807. The van der Waals surface area contributed by atoms with Crippen LogP contribution in [0, 0.1) is 0 Å². The van der Waals surface area contributed by atoms with Gasteiger partial charge in [0.05, 0.1) is 11.8 Å². The smallest absolute Gasteiger partial charge is 0.256 e. The number of carbonyl (C=O) groups excluding carboxylic acids is 1. The number of hydrogen-bond acceptors (Lipinski definition) is 2. The molecule has 1 amide bonds. The summed E-state index contributed by atoms with van der Waals surface area (Å²) >= 11 is 5.76. The number of halogens is 1. The van der Waals surface area contributed by atoms with Crippen molar-refractivity contribution in [3.63, 3.8) is 0 Å². The molecule has 0 unspecified atom stereocenters. The van der Waals surface area contributed by atoms with E-state index in [0.29, 0.717) is 11.6 Å². The highest BCUT2D eigenvalue weighted by molar-refractivity contribution is 6.32. The molecule has 1 heterocycles. The van der Waals surface area contributed by atoms with E-state index in [1.807, 2.05) is 0 Å². The molecule has 0 bridgehead atoms. The third kappa shape index (κ3) is 2.79. The van der Waals surface area contributed by atoms with Crippen LogP contribution in [0.2, 0.25) is 5.22 Å². The summed E-state index contributed by atoms with van der Waals surface area (Å²) in [6.45, 7) is 0. The van der Waals surface area contributed by atoms with Gasteiger partial charge in [-0.1, -0.05) is 25.7 Å². The summed E-state index contributed by atoms with van der Waals surface area (Å²) in [5.74, 6) is -0.120. The molecule has 0 saturated heterocycles. The third-order valence-electron chi connectivity index (χ3n) is 3.05. The first-order valence-electron chi connectivity index (χ1n) is 5.81. The lowest BCUT2D eigenvalue weighted by molar-refractivity contribution is 0.0933. The van der Waals surface area contributed by atoms with E-state index in [2.05, 4.69) is 5.32 Å². The Balaban J connectivity index is 1.93. The van der Waals surface area contributed by atoms with Crippen molar-refractivity contribution in [1.82, 2.24) is 5.32 Å². The van der Waals surface area contributed by atoms with E-state index in [9.17, 15) is 4.79 Å². The fraction of sp³-hybridized carbons (Fsp3) is 0.583. The van der Waals surface area contributed by atoms with Crippen molar-refractivity contribution in [1.29, 1.82) is 0 Å². The fourth-order valence-corrected chi connectivity index (χ4v) is 2.34. The molecule has 4 heteroatoms. The zero-order valence-corrected chi connectivity index (χ0v) is 9.93. The van der Waals surface area contributed by atoms with Crippen LogP contribution in [-0.4, -0.2) is 11.9 Å². The minimum Gasteiger partial charge on any atom is -0.452 e. The van der Waals surface area contributed by atoms with Gasteiger partial charge in [-0.05, 0) is 30.5 Å². The predicted molar refractivity (Wildman–Crippen MR) is 62.7 cm³/mol. The fourth-order valence-electron chi connectivity index (χ4n) is 2.14. The molecule has 88 valence electrons. The average molecular weight is 242 g/mol. The van der Waals surface area contributed by atoms with Crippen LogP contribution in [0.15, 0.2) is 16.7 Å². The minimum atomic E-state index is -0.120. The number of carbonyl (C=O) groups is 1. The van der Waals surface area contributed by atoms with Gasteiger partial charge < -0.3 is 9.73 Å². The summed E-state index contributed by atoms with van der Waals surface area (Å²) in [6, 6.07) is 1.90. The summed E-state index contributed by atoms with van der Waals surface area (Å²) in [7, 11) is 0. The molecule has 1 N–H and O–H groups in total. The molecule has 0 spiro atoms. The largest absolute Gasteiger partial charge is 0.452 e. The van der Waals surface area contributed by atoms with Crippen LogP contribution in [-0.2, 0) is 0 Å². The van der Waals surface area contributed by atoms with Gasteiger partial charge in [-0.15, -0.1) is 0 Å². The third-order valence-corrected chi connectivity index (χ3v) is 3.35. The minimum absolute atomic E-state index is 0.120. The molecule has 16 heavy (non-hydrogen) atoms. The molecule has 1 aliphatic rings. The van der Waals surface area contributed by atoms with Crippen LogP contribution in [0.4, 0.5) is 0 Å². The van der Waals surface area contributed by atoms with E-state index in [1.165, 1.54) is 31.9 Å². The molecule has 0 radical (unpaired) electrons. The summed E-state index contributed by atoms with van der Waals surface area (Å²) < 4.78 is 4.90. The number of nitrogens with one attached hydrogen (secondary N) is 1. The van der Waals surface area contributed by atoms with Crippen LogP contribution < -0.4 is 5.32 Å². The predicted octanol–water partition coefficient (Wildman–Crippen LogP) is 3.39. The van der Waals surface area contributed by atoms with E-state index in [-0.39, 0.29) is 11.1 Å². The van der Waals surface area contributed by atoms with Gasteiger partial charge in [0, 0.05) is 6.04 Å². The lowest BCUT2D eigenvalue weighted by Gasteiger charge is -2.15. The SMILES string of the molecule is O=C(NC1CCCCCC1)c1ccoc1Cl. The standard InChI is InChI=1S/C12H16ClNO2/c13-11-10(7-8-16-11)12(15)14-9-5-3-1-2-4-6-9/h7-9H,1-6H2,(H,14,15). The van der Waals surface area contributed by atoms with E-state index < -0.39 is 0 Å². The summed E-state index contributed by atoms with van der Waals surface area (Å²) in [6.07, 6.45) is 8.53. The van der Waals surface area contributed by atoms with Gasteiger partial charge in [-0.2, -0.15) is 0 Å². The lowest BCUT2D eigenvalue weighted by Crippen LogP contribution is -2.34. The Kier molecular flexibility index (Phi) is 3.88. The summed E-state index contributed by atoms with van der Waals surface area (Å²) in [5.41, 5.74) is 0.436. The maximum absolute atomic E-state index is 11.9. The van der Waals surface area contributed by atoms with Gasteiger partial charge in [0.25, 0.3) is 5.91 Å². The first-order valence-corrected chi connectivity index (χ1v) is 6.19. The van der Waals surface area contributed by atoms with Gasteiger partial charge in [-0.3, -0.25) is 4.79 Å². The Labute approximate surface area is 100 Å². The topological polar surface area (TPSA) is 42.2 Å². The molecule has 1 saturated carbocycles. The monoisotopic (exact) mass is 241 g/mol. The van der Waals surface area contributed by atoms with Crippen molar-refractivity contribution in [3.05, 3.63) is 23.1 Å². The van der Waals surface area contributed by atoms with Gasteiger partial charge in [-0.25, -0.2) is 0 Å². The summed E-state index contributed by atoms with van der Waals surface area (Å²) in [4.78, 5) is 11.9. The van der Waals surface area contributed by atoms with E-state index >= 15 is 0 Å². The molecule has 1 fully saturated rings. The maximum Gasteiger partial charge on any atom is 0.256 e. The van der Waals surface area contributed by atoms with Gasteiger partial charge in [0.15, 0.2) is 0 Å². The van der Waals surface area contributed by atoms with Crippen LogP contribution in [0.5, 0.6) is 0 Å². The Morgan fingerprint density at radius 2 is 2.00 bits per heavy atom. The second kappa shape index (κ2) is 5.39. The highest BCUT2D eigenvalue weighted by Crippen LogP contribution is 2.20. The Morgan fingerprint density at radius 1 is 1.31 bits per heavy atom. The van der Waals surface area contributed by atoms with Gasteiger partial charge in [0.1, 0.15) is 0 Å². The molecular formula is C12H16ClNO2. The van der Waals surface area contributed by atoms with Crippen LogP contribution in [0.3, 0.4) is 0 Å². The Hall–Kier alpha value is -0.960. The first-order chi connectivity index (χ1) is 7.77. The normalized spacial score (nSPS) is 18.1. The molecule has 0 atom stereocenters. The van der Waals surface area contributed by atoms with Gasteiger partial charge >= 0.3 is 0 Å². The summed E-state index contributed by atoms with van der Waals surface area (Å²) in [5, 5.41) is 3.19. The van der Waals surface area contributed by atoms with Crippen LogP contribution in [0.25, 0.3) is 0 Å². The molecule has 0 aromatic carbocycles. The van der Waals surface area contributed by atoms with Gasteiger partial charge in [0.2, 0.25) is 5.22 Å². The van der Waals surface area contributed by atoms with Crippen molar-refractivity contribution in [2.75, 3.05) is 0 Å². The molecule has 1 aliphatic carbocycles. The van der Waals surface area contributed by atoms with E-state index in [4.69, 9.17) is 16.0 Å². The molecule has 1 aromatic heterocycles. The zero-order chi connectivity index (χ0) is 11.4. The molecule has 0 aliphatic heterocycles. The van der Waals surface area contributed by atoms with E-state index in [0.717, 1.165) is 12.8 Å². The molecule has 3 nitrogen and oxygen atoms in total. The Morgan fingerprint density at radius 3 is 2.56 bits per heavy atom. The Bertz CT molecular complexity index is 354. The number of rotatable bonds is 2. The van der Waals surface area contributed by atoms with Crippen molar-refractivity contribution in [3.8, 4) is 0 Å². The van der Waals surface area contributed by atoms with Crippen LogP contribution >= 0.6 is 11.6 Å². The number of hydrogen-bond donors (Lipinski definition) is 1. The number of furan rings is 1. The number of amides is 1. The van der Waals surface area contributed by atoms with Crippen molar-refractivity contribution in [2.45, 2.75) is 44.6 Å². The second-order valence-corrected chi connectivity index (χ2v) is 4.61. The van der Waals surface area contributed by atoms with Crippen molar-refractivity contribution in [2.24, 2.45) is 0 Å². The molecular weight excluding hydrogens is 226 g/mol. The average Bonchev–Trinajstić information content (AvgIpc) is 2.53. The zero-order valence-electron chi connectivity index (χ0n) is 9.17. The highest BCUT2D eigenvalue weighted by Gasteiger charge is 2.18. The van der Waals surface area contributed by atoms with E-state index in [1.54, 1.807) is 6.07 Å². The van der Waals surface area contributed by atoms with Crippen molar-refractivity contribution >= 4 is 17.5 Å². The second-order valence-electron chi connectivity index (χ2n) is 4.27. The molecule has 2 rings (SSSR count). The lowest BCUT2D eigenvalue weighted by atomic mass is 10.1. The maximum atomic E-state index is 11.9. The van der Waals surface area contributed by atoms with Crippen LogP contribution in [0.1, 0.15) is 48.9 Å². The highest BCUT2D eigenvalue weighted by atomic mass is 35.5. The first kappa shape index (κ1) is 11.5. The van der Waals surface area contributed by atoms with Crippen molar-refractivity contribution < 1.29 is 9.21 Å².